The SMILES string of the molecule is CC[C@H](CC[C@@H](C)[C@@H]1CC[C@H]2[C@@H]3CC=C4C[C@H](O)CC[C@]4(CO)[C@@H]3CC[C@@]21C)C(C)C. The Balaban J connectivity index is 1.50. The zero-order valence-corrected chi connectivity index (χ0v) is 21.1. The minimum Gasteiger partial charge on any atom is -0.395 e. The van der Waals surface area contributed by atoms with Crippen LogP contribution in [0.2, 0.25) is 0 Å². The normalized spacial score (nSPS) is 44.3. The number of hydrogen-bond acceptors (Lipinski definition) is 2. The lowest BCUT2D eigenvalue weighted by Crippen LogP contribution is -2.53. The van der Waals surface area contributed by atoms with Crippen molar-refractivity contribution in [3.05, 3.63) is 11.6 Å². The van der Waals surface area contributed by atoms with Crippen molar-refractivity contribution in [1.82, 2.24) is 0 Å². The molecule has 4 aliphatic rings. The molecule has 0 unspecified atom stereocenters. The lowest BCUT2D eigenvalue weighted by Gasteiger charge is -2.59. The summed E-state index contributed by atoms with van der Waals surface area (Å²) in [5.74, 6) is 5.64. The monoisotopic (exact) mass is 430 g/mol. The largest absolute Gasteiger partial charge is 0.395 e. The fourth-order valence-electron chi connectivity index (χ4n) is 9.39. The molecule has 178 valence electrons. The quantitative estimate of drug-likeness (QED) is 0.427. The van der Waals surface area contributed by atoms with E-state index in [0.717, 1.165) is 54.8 Å². The summed E-state index contributed by atoms with van der Waals surface area (Å²) >= 11 is 0. The molecule has 2 N–H and O–H groups in total. The average Bonchev–Trinajstić information content (AvgIpc) is 3.10. The number of aliphatic hydroxyl groups is 2. The van der Waals surface area contributed by atoms with Gasteiger partial charge in [-0.15, -0.1) is 0 Å². The molecule has 31 heavy (non-hydrogen) atoms. The minimum atomic E-state index is -0.189. The molecule has 0 amide bonds. The van der Waals surface area contributed by atoms with Crippen LogP contribution in [0.15, 0.2) is 11.6 Å². The number of hydrogen-bond donors (Lipinski definition) is 2. The first-order chi connectivity index (χ1) is 14.8. The van der Waals surface area contributed by atoms with Crippen LogP contribution in [0.3, 0.4) is 0 Å². The molecule has 0 aromatic heterocycles. The van der Waals surface area contributed by atoms with Gasteiger partial charge in [-0.25, -0.2) is 0 Å². The highest BCUT2D eigenvalue weighted by atomic mass is 16.3. The highest BCUT2D eigenvalue weighted by Gasteiger charge is 2.60. The van der Waals surface area contributed by atoms with E-state index >= 15 is 0 Å². The molecule has 0 saturated heterocycles. The molecule has 3 fully saturated rings. The molecule has 4 aliphatic carbocycles. The van der Waals surface area contributed by atoms with Gasteiger partial charge in [0.25, 0.3) is 0 Å². The van der Waals surface area contributed by atoms with E-state index in [1.165, 1.54) is 56.9 Å². The molecule has 0 heterocycles. The summed E-state index contributed by atoms with van der Waals surface area (Å²) in [5.41, 5.74) is 1.88. The Kier molecular flexibility index (Phi) is 7.01. The molecule has 3 saturated carbocycles. The maximum atomic E-state index is 10.6. The Morgan fingerprint density at radius 1 is 1.03 bits per heavy atom. The third kappa shape index (κ3) is 3.96. The van der Waals surface area contributed by atoms with Crippen LogP contribution in [0.1, 0.15) is 105 Å². The van der Waals surface area contributed by atoms with Crippen molar-refractivity contribution in [1.29, 1.82) is 0 Å². The summed E-state index contributed by atoms with van der Waals surface area (Å²) in [7, 11) is 0. The van der Waals surface area contributed by atoms with Crippen molar-refractivity contribution >= 4 is 0 Å². The van der Waals surface area contributed by atoms with E-state index < -0.39 is 0 Å². The first kappa shape index (κ1) is 23.8. The zero-order chi connectivity index (χ0) is 22.4. The number of aliphatic hydroxyl groups excluding tert-OH is 2. The lowest BCUT2D eigenvalue weighted by atomic mass is 9.46. The van der Waals surface area contributed by atoms with Gasteiger partial charge in [0.05, 0.1) is 12.7 Å². The second-order valence-electron chi connectivity index (χ2n) is 12.7. The molecule has 9 atom stereocenters. The van der Waals surface area contributed by atoms with Gasteiger partial charge >= 0.3 is 0 Å². The molecular weight excluding hydrogens is 380 g/mol. The van der Waals surface area contributed by atoms with Crippen molar-refractivity contribution in [3.63, 3.8) is 0 Å². The van der Waals surface area contributed by atoms with Gasteiger partial charge in [0.1, 0.15) is 0 Å². The predicted octanol–water partition coefficient (Wildman–Crippen LogP) is 7.00. The Labute approximate surface area is 192 Å². The Bertz CT molecular complexity index is 653. The third-order valence-electron chi connectivity index (χ3n) is 11.3. The van der Waals surface area contributed by atoms with Crippen LogP contribution in [-0.4, -0.2) is 22.9 Å². The van der Waals surface area contributed by atoms with Gasteiger partial charge in [0.15, 0.2) is 0 Å². The van der Waals surface area contributed by atoms with Gasteiger partial charge in [0.2, 0.25) is 0 Å². The summed E-state index contributed by atoms with van der Waals surface area (Å²) in [6.45, 7) is 12.7. The predicted molar refractivity (Wildman–Crippen MR) is 130 cm³/mol. The van der Waals surface area contributed by atoms with Crippen LogP contribution >= 0.6 is 0 Å². The second kappa shape index (κ2) is 9.13. The molecule has 2 heteroatoms. The Morgan fingerprint density at radius 3 is 2.48 bits per heavy atom. The van der Waals surface area contributed by atoms with Crippen molar-refractivity contribution < 1.29 is 10.2 Å². The van der Waals surface area contributed by atoms with Gasteiger partial charge in [-0.2, -0.15) is 0 Å². The first-order valence-corrected chi connectivity index (χ1v) is 13.7. The van der Waals surface area contributed by atoms with Crippen LogP contribution in [0.25, 0.3) is 0 Å². The molecule has 0 aromatic rings. The molecular formula is C29H50O2. The molecule has 0 aliphatic heterocycles. The summed E-state index contributed by atoms with van der Waals surface area (Å²) in [4.78, 5) is 0. The Morgan fingerprint density at radius 2 is 1.81 bits per heavy atom. The second-order valence-corrected chi connectivity index (χ2v) is 12.7. The van der Waals surface area contributed by atoms with E-state index in [9.17, 15) is 10.2 Å². The smallest absolute Gasteiger partial charge is 0.0577 e. The highest BCUT2D eigenvalue weighted by Crippen LogP contribution is 2.67. The fourth-order valence-corrected chi connectivity index (χ4v) is 9.39. The van der Waals surface area contributed by atoms with Crippen LogP contribution in [0.5, 0.6) is 0 Å². The molecule has 0 radical (unpaired) electrons. The van der Waals surface area contributed by atoms with Crippen LogP contribution in [0, 0.1) is 52.3 Å². The van der Waals surface area contributed by atoms with E-state index in [2.05, 4.69) is 40.7 Å². The van der Waals surface area contributed by atoms with Crippen molar-refractivity contribution in [2.45, 2.75) is 111 Å². The van der Waals surface area contributed by atoms with Crippen LogP contribution < -0.4 is 0 Å². The van der Waals surface area contributed by atoms with Gasteiger partial charge in [0, 0.05) is 5.41 Å². The highest BCUT2D eigenvalue weighted by molar-refractivity contribution is 5.26. The minimum absolute atomic E-state index is 0.0151. The van der Waals surface area contributed by atoms with Crippen molar-refractivity contribution in [2.24, 2.45) is 52.3 Å². The fraction of sp³-hybridized carbons (Fsp3) is 0.931. The van der Waals surface area contributed by atoms with Gasteiger partial charge in [-0.05, 0) is 105 Å². The van der Waals surface area contributed by atoms with Crippen LogP contribution in [-0.2, 0) is 0 Å². The summed E-state index contributed by atoms with van der Waals surface area (Å²) in [5, 5.41) is 20.9. The molecule has 4 rings (SSSR count). The lowest BCUT2D eigenvalue weighted by molar-refractivity contribution is -0.0797. The van der Waals surface area contributed by atoms with E-state index in [-0.39, 0.29) is 11.5 Å². The number of allylic oxidation sites excluding steroid dienone is 1. The molecule has 0 aromatic carbocycles. The molecule has 2 nitrogen and oxygen atoms in total. The summed E-state index contributed by atoms with van der Waals surface area (Å²) in [6.07, 6.45) is 15.7. The first-order valence-electron chi connectivity index (χ1n) is 13.7. The van der Waals surface area contributed by atoms with Crippen LogP contribution in [0.4, 0.5) is 0 Å². The van der Waals surface area contributed by atoms with Gasteiger partial charge in [-0.1, -0.05) is 59.1 Å². The topological polar surface area (TPSA) is 40.5 Å². The van der Waals surface area contributed by atoms with E-state index in [0.29, 0.717) is 17.9 Å². The van der Waals surface area contributed by atoms with Gasteiger partial charge in [-0.3, -0.25) is 0 Å². The van der Waals surface area contributed by atoms with E-state index in [4.69, 9.17) is 0 Å². The maximum absolute atomic E-state index is 10.6. The average molecular weight is 431 g/mol. The number of fused-ring (bicyclic) bond motifs is 5. The Hall–Kier alpha value is -0.340. The van der Waals surface area contributed by atoms with Crippen molar-refractivity contribution in [3.8, 4) is 0 Å². The van der Waals surface area contributed by atoms with E-state index in [1.54, 1.807) is 0 Å². The maximum Gasteiger partial charge on any atom is 0.0577 e. The molecule has 0 spiro atoms. The van der Waals surface area contributed by atoms with E-state index in [1.807, 2.05) is 0 Å². The summed E-state index contributed by atoms with van der Waals surface area (Å²) in [6, 6.07) is 0. The third-order valence-corrected chi connectivity index (χ3v) is 11.3. The standard InChI is InChI=1S/C29H50O2/c1-6-21(19(2)3)8-7-20(4)25-11-12-26-24-10-9-22-17-23(31)13-16-29(22,18-30)27(24)14-15-28(25,26)5/h9,19-21,23-27,30-31H,6-8,10-18H2,1-5H3/t20-,21-,23-,24+,25+,26+,27-,28-,29-/m1/s1. The van der Waals surface area contributed by atoms with Gasteiger partial charge < -0.3 is 10.2 Å². The molecule has 0 bridgehead atoms. The zero-order valence-electron chi connectivity index (χ0n) is 21.1. The van der Waals surface area contributed by atoms with Crippen molar-refractivity contribution in [2.75, 3.05) is 6.61 Å². The summed E-state index contributed by atoms with van der Waals surface area (Å²) < 4.78 is 0. The number of rotatable bonds is 7.